The highest BCUT2D eigenvalue weighted by Crippen LogP contribution is 2.19. The van der Waals surface area contributed by atoms with E-state index in [1.165, 1.54) is 5.56 Å². The molecule has 3 aromatic rings. The van der Waals surface area contributed by atoms with Gasteiger partial charge in [0.25, 0.3) is 0 Å². The highest BCUT2D eigenvalue weighted by atomic mass is 16.5. The molecule has 0 saturated heterocycles. The molecular formula is C15H15N3O. The van der Waals surface area contributed by atoms with Gasteiger partial charge in [-0.05, 0) is 17.7 Å². The summed E-state index contributed by atoms with van der Waals surface area (Å²) in [6.45, 7) is 0. The minimum absolute atomic E-state index is 0.144. The summed E-state index contributed by atoms with van der Waals surface area (Å²) in [4.78, 5) is 0. The van der Waals surface area contributed by atoms with Crippen LogP contribution < -0.4 is 0 Å². The molecule has 3 rings (SSSR count). The fourth-order valence-corrected chi connectivity index (χ4v) is 2.19. The highest BCUT2D eigenvalue weighted by Gasteiger charge is 2.15. The fourth-order valence-electron chi connectivity index (χ4n) is 2.19. The highest BCUT2D eigenvalue weighted by molar-refractivity contribution is 5.73. The van der Waals surface area contributed by atoms with E-state index < -0.39 is 0 Å². The maximum absolute atomic E-state index is 5.57. The molecule has 4 heteroatoms. The van der Waals surface area contributed by atoms with Crippen LogP contribution in [0.3, 0.4) is 0 Å². The average molecular weight is 253 g/mol. The SMILES string of the molecule is CO[C@H](Cc1ccccc1)n1nnc2ccccc21. The summed E-state index contributed by atoms with van der Waals surface area (Å²) in [5.41, 5.74) is 3.09. The van der Waals surface area contributed by atoms with E-state index in [0.717, 1.165) is 17.5 Å². The largest absolute Gasteiger partial charge is 0.359 e. The van der Waals surface area contributed by atoms with Gasteiger partial charge in [0.1, 0.15) is 5.52 Å². The molecule has 96 valence electrons. The Kier molecular flexibility index (Phi) is 3.25. The summed E-state index contributed by atoms with van der Waals surface area (Å²) in [5.74, 6) is 0. The van der Waals surface area contributed by atoms with Gasteiger partial charge in [-0.3, -0.25) is 0 Å². The van der Waals surface area contributed by atoms with Crippen molar-refractivity contribution in [1.29, 1.82) is 0 Å². The van der Waals surface area contributed by atoms with Gasteiger partial charge in [-0.2, -0.15) is 0 Å². The Balaban J connectivity index is 1.94. The quantitative estimate of drug-likeness (QED) is 0.717. The predicted molar refractivity (Wildman–Crippen MR) is 73.7 cm³/mol. The summed E-state index contributed by atoms with van der Waals surface area (Å²) in [5, 5.41) is 8.37. The third-order valence-electron chi connectivity index (χ3n) is 3.18. The summed E-state index contributed by atoms with van der Waals surface area (Å²) < 4.78 is 7.40. The van der Waals surface area contributed by atoms with Crippen LogP contribution in [-0.2, 0) is 11.2 Å². The minimum Gasteiger partial charge on any atom is -0.359 e. The maximum atomic E-state index is 5.57. The maximum Gasteiger partial charge on any atom is 0.156 e. The van der Waals surface area contributed by atoms with Crippen LogP contribution in [0, 0.1) is 0 Å². The standard InChI is InChI=1S/C15H15N3O/c1-19-15(11-12-7-3-2-4-8-12)18-14-10-6-5-9-13(14)16-17-18/h2-10,15H,11H2,1H3/t15-/m1/s1. The molecule has 0 bridgehead atoms. The summed E-state index contributed by atoms with van der Waals surface area (Å²) in [6.07, 6.45) is 0.625. The van der Waals surface area contributed by atoms with Crippen molar-refractivity contribution in [3.05, 3.63) is 60.2 Å². The lowest BCUT2D eigenvalue weighted by Crippen LogP contribution is -2.15. The second-order valence-corrected chi connectivity index (χ2v) is 4.40. The molecular weight excluding hydrogens is 238 g/mol. The Hall–Kier alpha value is -2.20. The number of hydrogen-bond acceptors (Lipinski definition) is 3. The Morgan fingerprint density at radius 3 is 2.58 bits per heavy atom. The zero-order valence-electron chi connectivity index (χ0n) is 10.7. The van der Waals surface area contributed by atoms with Crippen molar-refractivity contribution in [2.45, 2.75) is 12.6 Å². The molecule has 0 saturated carbocycles. The first-order valence-electron chi connectivity index (χ1n) is 6.25. The number of rotatable bonds is 4. The molecule has 0 aliphatic carbocycles. The van der Waals surface area contributed by atoms with E-state index in [1.807, 2.05) is 47.1 Å². The van der Waals surface area contributed by atoms with E-state index in [2.05, 4.69) is 22.4 Å². The number of hydrogen-bond donors (Lipinski definition) is 0. The van der Waals surface area contributed by atoms with Gasteiger partial charge in [0, 0.05) is 13.5 Å². The summed E-state index contributed by atoms with van der Waals surface area (Å²) in [7, 11) is 1.70. The summed E-state index contributed by atoms with van der Waals surface area (Å²) in [6, 6.07) is 18.1. The Bertz CT molecular complexity index is 663. The van der Waals surface area contributed by atoms with Crippen LogP contribution in [0.4, 0.5) is 0 Å². The lowest BCUT2D eigenvalue weighted by atomic mass is 10.1. The van der Waals surface area contributed by atoms with Crippen molar-refractivity contribution in [3.63, 3.8) is 0 Å². The topological polar surface area (TPSA) is 39.9 Å². The van der Waals surface area contributed by atoms with Crippen molar-refractivity contribution in [2.75, 3.05) is 7.11 Å². The molecule has 19 heavy (non-hydrogen) atoms. The average Bonchev–Trinajstić information content (AvgIpc) is 2.90. The normalized spacial score (nSPS) is 12.7. The van der Waals surface area contributed by atoms with E-state index in [1.54, 1.807) is 7.11 Å². The predicted octanol–water partition coefficient (Wildman–Crippen LogP) is 2.82. The van der Waals surface area contributed by atoms with Crippen molar-refractivity contribution >= 4 is 11.0 Å². The van der Waals surface area contributed by atoms with Gasteiger partial charge in [-0.25, -0.2) is 4.68 Å². The second-order valence-electron chi connectivity index (χ2n) is 4.40. The monoisotopic (exact) mass is 253 g/mol. The van der Waals surface area contributed by atoms with E-state index in [9.17, 15) is 0 Å². The molecule has 0 aliphatic heterocycles. The van der Waals surface area contributed by atoms with Gasteiger partial charge in [-0.1, -0.05) is 47.7 Å². The van der Waals surface area contributed by atoms with Crippen molar-refractivity contribution in [3.8, 4) is 0 Å². The number of fused-ring (bicyclic) bond motifs is 1. The van der Waals surface area contributed by atoms with Crippen molar-refractivity contribution in [2.24, 2.45) is 0 Å². The van der Waals surface area contributed by atoms with Crippen LogP contribution >= 0.6 is 0 Å². The first-order valence-corrected chi connectivity index (χ1v) is 6.25. The zero-order chi connectivity index (χ0) is 13.1. The first kappa shape index (κ1) is 11.9. The number of aromatic nitrogens is 3. The third kappa shape index (κ3) is 2.35. The van der Waals surface area contributed by atoms with Gasteiger partial charge in [0.15, 0.2) is 6.23 Å². The molecule has 1 atom stereocenters. The lowest BCUT2D eigenvalue weighted by molar-refractivity contribution is 0.0365. The molecule has 0 spiro atoms. The zero-order valence-corrected chi connectivity index (χ0v) is 10.7. The Morgan fingerprint density at radius 2 is 1.79 bits per heavy atom. The molecule has 0 aliphatic rings. The molecule has 2 aromatic carbocycles. The van der Waals surface area contributed by atoms with Gasteiger partial charge < -0.3 is 4.74 Å². The molecule has 0 fully saturated rings. The van der Waals surface area contributed by atoms with Gasteiger partial charge >= 0.3 is 0 Å². The van der Waals surface area contributed by atoms with Crippen LogP contribution in [0.1, 0.15) is 11.8 Å². The van der Waals surface area contributed by atoms with Crippen LogP contribution in [0.25, 0.3) is 11.0 Å². The molecule has 0 unspecified atom stereocenters. The summed E-state index contributed by atoms with van der Waals surface area (Å²) >= 11 is 0. The number of para-hydroxylation sites is 1. The third-order valence-corrected chi connectivity index (χ3v) is 3.18. The minimum atomic E-state index is -0.144. The molecule has 1 heterocycles. The lowest BCUT2D eigenvalue weighted by Gasteiger charge is -2.16. The van der Waals surface area contributed by atoms with Crippen LogP contribution in [0.2, 0.25) is 0 Å². The van der Waals surface area contributed by atoms with Gasteiger partial charge in [0.05, 0.1) is 5.52 Å². The molecule has 4 nitrogen and oxygen atoms in total. The van der Waals surface area contributed by atoms with E-state index >= 15 is 0 Å². The molecule has 0 amide bonds. The Labute approximate surface area is 111 Å². The van der Waals surface area contributed by atoms with Crippen LogP contribution in [-0.4, -0.2) is 22.1 Å². The van der Waals surface area contributed by atoms with Crippen LogP contribution in [0.5, 0.6) is 0 Å². The number of methoxy groups -OCH3 is 1. The number of nitrogens with zero attached hydrogens (tertiary/aromatic N) is 3. The van der Waals surface area contributed by atoms with E-state index in [4.69, 9.17) is 4.74 Å². The first-order chi connectivity index (χ1) is 9.38. The fraction of sp³-hybridized carbons (Fsp3) is 0.200. The van der Waals surface area contributed by atoms with Crippen molar-refractivity contribution < 1.29 is 4.74 Å². The molecule has 1 aromatic heterocycles. The molecule has 0 radical (unpaired) electrons. The Morgan fingerprint density at radius 1 is 1.05 bits per heavy atom. The smallest absolute Gasteiger partial charge is 0.156 e. The number of benzene rings is 2. The number of ether oxygens (including phenoxy) is 1. The molecule has 0 N–H and O–H groups in total. The van der Waals surface area contributed by atoms with Crippen LogP contribution in [0.15, 0.2) is 54.6 Å². The van der Waals surface area contributed by atoms with Crippen molar-refractivity contribution in [1.82, 2.24) is 15.0 Å². The van der Waals surface area contributed by atoms with Gasteiger partial charge in [0.2, 0.25) is 0 Å². The van der Waals surface area contributed by atoms with E-state index in [0.29, 0.717) is 0 Å². The van der Waals surface area contributed by atoms with Gasteiger partial charge in [-0.15, -0.1) is 5.10 Å². The second kappa shape index (κ2) is 5.20. The van der Waals surface area contributed by atoms with E-state index in [-0.39, 0.29) is 6.23 Å².